The van der Waals surface area contributed by atoms with Crippen molar-refractivity contribution in [2.75, 3.05) is 25.5 Å². The molecule has 7 heteroatoms. The van der Waals surface area contributed by atoms with E-state index in [1.807, 2.05) is 0 Å². The summed E-state index contributed by atoms with van der Waals surface area (Å²) in [5.41, 5.74) is 1.01. The molecule has 1 aromatic carbocycles. The minimum Gasteiger partial charge on any atom is -0.497 e. The van der Waals surface area contributed by atoms with Gasteiger partial charge in [-0.25, -0.2) is 0 Å². The fourth-order valence-electron chi connectivity index (χ4n) is 3.16. The molecule has 0 spiro atoms. The number of piperidine rings is 1. The minimum atomic E-state index is -0.157. The molecule has 2 fully saturated rings. The highest BCUT2D eigenvalue weighted by Gasteiger charge is 2.25. The first-order valence-electron chi connectivity index (χ1n) is 9.15. The standard InChI is InChI=1S/C19H27N3O3.ClH/c1-25-15-5-6-17(16(12-15)19(24)21-14-3-4-14)22-18(23)7-2-13-8-10-20-11-9-13;/h5-6,12-14,20H,2-4,7-11H2,1H3,(H,21,24)(H,22,23);1H. The lowest BCUT2D eigenvalue weighted by Crippen LogP contribution is -2.29. The smallest absolute Gasteiger partial charge is 0.253 e. The van der Waals surface area contributed by atoms with Crippen molar-refractivity contribution < 1.29 is 14.3 Å². The highest BCUT2D eigenvalue weighted by molar-refractivity contribution is 6.04. The molecule has 0 atom stereocenters. The lowest BCUT2D eigenvalue weighted by atomic mass is 9.93. The van der Waals surface area contributed by atoms with Crippen LogP contribution in [0, 0.1) is 5.92 Å². The molecule has 1 saturated carbocycles. The average Bonchev–Trinajstić information content (AvgIpc) is 3.45. The van der Waals surface area contributed by atoms with Gasteiger partial charge in [0.1, 0.15) is 5.75 Å². The summed E-state index contributed by atoms with van der Waals surface area (Å²) in [5, 5.41) is 9.21. The Bertz CT molecular complexity index is 628. The van der Waals surface area contributed by atoms with Gasteiger partial charge in [-0.05, 0) is 69.3 Å². The van der Waals surface area contributed by atoms with E-state index in [4.69, 9.17) is 4.74 Å². The van der Waals surface area contributed by atoms with Crippen molar-refractivity contribution in [3.63, 3.8) is 0 Å². The molecule has 144 valence electrons. The summed E-state index contributed by atoms with van der Waals surface area (Å²) in [4.78, 5) is 24.8. The molecule has 1 aliphatic heterocycles. The van der Waals surface area contributed by atoms with E-state index in [0.717, 1.165) is 45.2 Å². The monoisotopic (exact) mass is 381 g/mol. The van der Waals surface area contributed by atoms with E-state index in [1.54, 1.807) is 25.3 Å². The van der Waals surface area contributed by atoms with Crippen LogP contribution in [0.5, 0.6) is 5.75 Å². The van der Waals surface area contributed by atoms with Gasteiger partial charge in [-0.2, -0.15) is 0 Å². The molecule has 1 aliphatic carbocycles. The van der Waals surface area contributed by atoms with Gasteiger partial charge in [0.05, 0.1) is 18.4 Å². The molecular formula is C19H28ClN3O3. The summed E-state index contributed by atoms with van der Waals surface area (Å²) in [6, 6.07) is 5.45. The van der Waals surface area contributed by atoms with Gasteiger partial charge in [-0.15, -0.1) is 12.4 Å². The third kappa shape index (κ3) is 5.88. The number of rotatable bonds is 7. The first-order valence-corrected chi connectivity index (χ1v) is 9.15. The van der Waals surface area contributed by atoms with Gasteiger partial charge in [-0.1, -0.05) is 0 Å². The molecule has 0 unspecified atom stereocenters. The van der Waals surface area contributed by atoms with Crippen molar-refractivity contribution in [3.8, 4) is 5.75 Å². The normalized spacial score (nSPS) is 17.1. The molecule has 0 aromatic heterocycles. The maximum Gasteiger partial charge on any atom is 0.253 e. The zero-order chi connectivity index (χ0) is 17.6. The summed E-state index contributed by atoms with van der Waals surface area (Å²) >= 11 is 0. The van der Waals surface area contributed by atoms with Gasteiger partial charge in [0.25, 0.3) is 5.91 Å². The number of halogens is 1. The average molecular weight is 382 g/mol. The summed E-state index contributed by atoms with van der Waals surface area (Å²) in [6.07, 6.45) is 5.69. The van der Waals surface area contributed by atoms with E-state index in [9.17, 15) is 9.59 Å². The van der Waals surface area contributed by atoms with Crippen LogP contribution in [0.4, 0.5) is 5.69 Å². The number of nitrogens with one attached hydrogen (secondary N) is 3. The van der Waals surface area contributed by atoms with E-state index in [2.05, 4.69) is 16.0 Å². The second-order valence-electron chi connectivity index (χ2n) is 6.94. The quantitative estimate of drug-likeness (QED) is 0.678. The first-order chi connectivity index (χ1) is 12.2. The summed E-state index contributed by atoms with van der Waals surface area (Å²) < 4.78 is 5.21. The lowest BCUT2D eigenvalue weighted by Gasteiger charge is -2.22. The molecule has 0 bridgehead atoms. The van der Waals surface area contributed by atoms with Crippen LogP contribution in [0.3, 0.4) is 0 Å². The molecule has 1 heterocycles. The molecule has 2 amide bonds. The van der Waals surface area contributed by atoms with Gasteiger partial charge in [-0.3, -0.25) is 9.59 Å². The van der Waals surface area contributed by atoms with Gasteiger partial charge < -0.3 is 20.7 Å². The lowest BCUT2D eigenvalue weighted by molar-refractivity contribution is -0.116. The van der Waals surface area contributed by atoms with Gasteiger partial charge in [0, 0.05) is 12.5 Å². The zero-order valence-electron chi connectivity index (χ0n) is 15.2. The molecule has 26 heavy (non-hydrogen) atoms. The predicted molar refractivity (Wildman–Crippen MR) is 104 cm³/mol. The van der Waals surface area contributed by atoms with Crippen molar-refractivity contribution in [1.29, 1.82) is 0 Å². The number of benzene rings is 1. The predicted octanol–water partition coefficient (Wildman–Crippen LogP) is 2.73. The number of ether oxygens (including phenoxy) is 1. The molecule has 2 aliphatic rings. The number of anilines is 1. The first kappa shape index (κ1) is 20.5. The molecule has 1 saturated heterocycles. The number of carbonyl (C=O) groups excluding carboxylic acids is 2. The Morgan fingerprint density at radius 2 is 1.92 bits per heavy atom. The molecular weight excluding hydrogens is 354 g/mol. The maximum atomic E-state index is 12.4. The van der Waals surface area contributed by atoms with Crippen LogP contribution in [0.25, 0.3) is 0 Å². The fourth-order valence-corrected chi connectivity index (χ4v) is 3.16. The zero-order valence-corrected chi connectivity index (χ0v) is 16.0. The van der Waals surface area contributed by atoms with Crippen LogP contribution in [0.2, 0.25) is 0 Å². The highest BCUT2D eigenvalue weighted by Crippen LogP contribution is 2.25. The van der Waals surface area contributed by atoms with Crippen molar-refractivity contribution in [2.45, 2.75) is 44.6 Å². The molecule has 6 nitrogen and oxygen atoms in total. The van der Waals surface area contributed by atoms with Crippen molar-refractivity contribution >= 4 is 29.9 Å². The van der Waals surface area contributed by atoms with Crippen LogP contribution >= 0.6 is 12.4 Å². The van der Waals surface area contributed by atoms with Crippen LogP contribution in [-0.4, -0.2) is 38.1 Å². The van der Waals surface area contributed by atoms with E-state index in [1.165, 1.54) is 0 Å². The Morgan fingerprint density at radius 3 is 2.58 bits per heavy atom. The summed E-state index contributed by atoms with van der Waals surface area (Å²) in [5.74, 6) is 1.02. The van der Waals surface area contributed by atoms with Crippen LogP contribution in [0.15, 0.2) is 18.2 Å². The third-order valence-corrected chi connectivity index (χ3v) is 4.90. The van der Waals surface area contributed by atoms with E-state index in [0.29, 0.717) is 29.3 Å². The Balaban J connectivity index is 0.00000243. The second-order valence-corrected chi connectivity index (χ2v) is 6.94. The number of carbonyl (C=O) groups is 2. The van der Waals surface area contributed by atoms with E-state index < -0.39 is 0 Å². The Morgan fingerprint density at radius 1 is 1.19 bits per heavy atom. The Kier molecular flexibility index (Phi) is 7.72. The van der Waals surface area contributed by atoms with Gasteiger partial charge in [0.2, 0.25) is 5.91 Å². The van der Waals surface area contributed by atoms with Crippen LogP contribution in [0.1, 0.15) is 48.9 Å². The van der Waals surface area contributed by atoms with Gasteiger partial charge in [0.15, 0.2) is 0 Å². The van der Waals surface area contributed by atoms with Crippen molar-refractivity contribution in [1.82, 2.24) is 10.6 Å². The Hall–Kier alpha value is -1.79. The topological polar surface area (TPSA) is 79.5 Å². The SMILES string of the molecule is COc1ccc(NC(=O)CCC2CCNCC2)c(C(=O)NC2CC2)c1.Cl. The van der Waals surface area contributed by atoms with Crippen LogP contribution in [-0.2, 0) is 4.79 Å². The fraction of sp³-hybridized carbons (Fsp3) is 0.579. The Labute approximate surface area is 160 Å². The highest BCUT2D eigenvalue weighted by atomic mass is 35.5. The summed E-state index contributed by atoms with van der Waals surface area (Å²) in [7, 11) is 1.56. The van der Waals surface area contributed by atoms with E-state index in [-0.39, 0.29) is 30.3 Å². The van der Waals surface area contributed by atoms with Gasteiger partial charge >= 0.3 is 0 Å². The number of hydrogen-bond acceptors (Lipinski definition) is 4. The molecule has 3 N–H and O–H groups in total. The third-order valence-electron chi connectivity index (χ3n) is 4.90. The summed E-state index contributed by atoms with van der Waals surface area (Å²) in [6.45, 7) is 2.08. The molecule has 1 aromatic rings. The second kappa shape index (κ2) is 9.78. The molecule has 0 radical (unpaired) electrons. The number of methoxy groups -OCH3 is 1. The number of hydrogen-bond donors (Lipinski definition) is 3. The van der Waals surface area contributed by atoms with Crippen molar-refractivity contribution in [2.24, 2.45) is 5.92 Å². The minimum absolute atomic E-state index is 0. The van der Waals surface area contributed by atoms with Crippen LogP contribution < -0.4 is 20.7 Å². The maximum absolute atomic E-state index is 12.4. The molecule has 3 rings (SSSR count). The van der Waals surface area contributed by atoms with E-state index >= 15 is 0 Å². The largest absolute Gasteiger partial charge is 0.497 e. The van der Waals surface area contributed by atoms with Crippen molar-refractivity contribution in [3.05, 3.63) is 23.8 Å². The number of amides is 2.